The molecule has 1 amide bonds. The molecule has 0 aromatic heterocycles. The Kier molecular flexibility index (Phi) is 6.34. The number of hydrogen-bond acceptors (Lipinski definition) is 4. The van der Waals surface area contributed by atoms with Crippen LogP contribution in [0.4, 0.5) is 11.4 Å². The summed E-state index contributed by atoms with van der Waals surface area (Å²) >= 11 is 1.62. The molecule has 7 heteroatoms. The lowest BCUT2D eigenvalue weighted by molar-refractivity contribution is 0.102. The lowest BCUT2D eigenvalue weighted by atomic mass is 10.0. The first-order valence-electron chi connectivity index (χ1n) is 10.2. The van der Waals surface area contributed by atoms with Gasteiger partial charge in [0.05, 0.1) is 16.1 Å². The van der Waals surface area contributed by atoms with E-state index >= 15 is 0 Å². The van der Waals surface area contributed by atoms with Crippen LogP contribution in [0.25, 0.3) is 0 Å². The molecule has 31 heavy (non-hydrogen) atoms. The summed E-state index contributed by atoms with van der Waals surface area (Å²) in [6.45, 7) is 2.46. The van der Waals surface area contributed by atoms with E-state index in [9.17, 15) is 13.2 Å². The van der Waals surface area contributed by atoms with E-state index in [4.69, 9.17) is 0 Å². The molecule has 0 atom stereocenters. The van der Waals surface area contributed by atoms with Crippen molar-refractivity contribution in [2.24, 2.45) is 0 Å². The molecular formula is C24H24N2O3S2. The summed E-state index contributed by atoms with van der Waals surface area (Å²) in [4.78, 5) is 14.1. The Hall–Kier alpha value is -2.77. The third-order valence-electron chi connectivity index (χ3n) is 5.18. The Bertz CT molecular complexity index is 1190. The molecule has 0 bridgehead atoms. The molecule has 0 fully saturated rings. The third-order valence-corrected chi connectivity index (χ3v) is 7.97. The number of thioether (sulfide) groups is 1. The molecule has 0 unspecified atom stereocenters. The number of fused-ring (bicyclic) bond motifs is 1. The van der Waals surface area contributed by atoms with Gasteiger partial charge in [-0.2, -0.15) is 0 Å². The Morgan fingerprint density at radius 3 is 2.55 bits per heavy atom. The number of nitrogens with one attached hydrogen (secondary N) is 1. The number of sulfonamides is 1. The SMILES string of the molecule is CCSc1ccccc1C(=O)Nc1ccc2c(c1)N(S(=O)(=O)c1ccccc1)CCC2. The third kappa shape index (κ3) is 4.48. The minimum atomic E-state index is -3.67. The Labute approximate surface area is 187 Å². The second-order valence-corrected chi connectivity index (χ2v) is 10.4. The van der Waals surface area contributed by atoms with Gasteiger partial charge in [0.1, 0.15) is 0 Å². The number of amides is 1. The quantitative estimate of drug-likeness (QED) is 0.523. The van der Waals surface area contributed by atoms with E-state index in [2.05, 4.69) is 5.32 Å². The van der Waals surface area contributed by atoms with E-state index in [1.165, 1.54) is 4.31 Å². The fourth-order valence-corrected chi connectivity index (χ4v) is 6.08. The first kappa shape index (κ1) is 21.5. The van der Waals surface area contributed by atoms with Crippen molar-refractivity contribution in [2.45, 2.75) is 29.6 Å². The summed E-state index contributed by atoms with van der Waals surface area (Å²) < 4.78 is 28.0. The Balaban J connectivity index is 1.65. The van der Waals surface area contributed by atoms with Crippen molar-refractivity contribution >= 4 is 39.1 Å². The lowest BCUT2D eigenvalue weighted by Crippen LogP contribution is -2.35. The molecule has 5 nitrogen and oxygen atoms in total. The molecule has 4 rings (SSSR count). The van der Waals surface area contributed by atoms with Crippen molar-refractivity contribution in [3.8, 4) is 0 Å². The largest absolute Gasteiger partial charge is 0.322 e. The molecule has 1 aliphatic rings. The number of carbonyl (C=O) groups is 1. The number of aryl methyl sites for hydroxylation is 1. The topological polar surface area (TPSA) is 66.5 Å². The van der Waals surface area contributed by atoms with Crippen molar-refractivity contribution < 1.29 is 13.2 Å². The number of anilines is 2. The number of rotatable bonds is 6. The maximum atomic E-state index is 13.3. The van der Waals surface area contributed by atoms with Gasteiger partial charge in [-0.05, 0) is 60.6 Å². The van der Waals surface area contributed by atoms with Gasteiger partial charge in [0.25, 0.3) is 15.9 Å². The van der Waals surface area contributed by atoms with Gasteiger partial charge in [-0.15, -0.1) is 11.8 Å². The lowest BCUT2D eigenvalue weighted by Gasteiger charge is -2.31. The number of carbonyl (C=O) groups excluding carboxylic acids is 1. The van der Waals surface area contributed by atoms with Crippen molar-refractivity contribution in [2.75, 3.05) is 21.9 Å². The summed E-state index contributed by atoms with van der Waals surface area (Å²) in [6.07, 6.45) is 1.56. The summed E-state index contributed by atoms with van der Waals surface area (Å²) in [5.74, 6) is 0.667. The Morgan fingerprint density at radius 1 is 1.03 bits per heavy atom. The van der Waals surface area contributed by atoms with Gasteiger partial charge in [-0.1, -0.05) is 43.3 Å². The van der Waals surface area contributed by atoms with Crippen molar-refractivity contribution in [3.05, 3.63) is 83.9 Å². The van der Waals surface area contributed by atoms with E-state index < -0.39 is 10.0 Å². The molecule has 0 saturated carbocycles. The van der Waals surface area contributed by atoms with E-state index in [1.807, 2.05) is 37.3 Å². The zero-order valence-corrected chi connectivity index (χ0v) is 18.9. The van der Waals surface area contributed by atoms with E-state index in [-0.39, 0.29) is 10.8 Å². The smallest absolute Gasteiger partial charge is 0.264 e. The van der Waals surface area contributed by atoms with Crippen molar-refractivity contribution in [1.29, 1.82) is 0 Å². The van der Waals surface area contributed by atoms with Crippen LogP contribution in [0, 0.1) is 0 Å². The second-order valence-electron chi connectivity index (χ2n) is 7.22. The highest BCUT2D eigenvalue weighted by Gasteiger charge is 2.29. The predicted octanol–water partition coefficient (Wildman–Crippen LogP) is 5.19. The zero-order valence-electron chi connectivity index (χ0n) is 17.2. The number of benzene rings is 3. The summed E-state index contributed by atoms with van der Waals surface area (Å²) in [5, 5.41) is 2.95. The maximum absolute atomic E-state index is 13.3. The molecule has 1 heterocycles. The molecule has 3 aromatic rings. The molecular weight excluding hydrogens is 428 g/mol. The average molecular weight is 453 g/mol. The van der Waals surface area contributed by atoms with E-state index in [0.29, 0.717) is 23.5 Å². The fraction of sp³-hybridized carbons (Fsp3) is 0.208. The van der Waals surface area contributed by atoms with E-state index in [1.54, 1.807) is 54.2 Å². The zero-order chi connectivity index (χ0) is 21.8. The van der Waals surface area contributed by atoms with Crippen LogP contribution >= 0.6 is 11.8 Å². The van der Waals surface area contributed by atoms with Gasteiger partial charge in [0.15, 0.2) is 0 Å². The highest BCUT2D eigenvalue weighted by molar-refractivity contribution is 7.99. The normalized spacial score (nSPS) is 13.5. The highest BCUT2D eigenvalue weighted by atomic mass is 32.2. The van der Waals surface area contributed by atoms with Crippen LogP contribution in [-0.4, -0.2) is 26.6 Å². The summed E-state index contributed by atoms with van der Waals surface area (Å²) in [5.41, 5.74) is 2.78. The van der Waals surface area contributed by atoms with Crippen molar-refractivity contribution in [1.82, 2.24) is 0 Å². The van der Waals surface area contributed by atoms with Gasteiger partial charge >= 0.3 is 0 Å². The molecule has 0 saturated heterocycles. The summed E-state index contributed by atoms with van der Waals surface area (Å²) in [6, 6.07) is 21.5. The summed E-state index contributed by atoms with van der Waals surface area (Å²) in [7, 11) is -3.67. The van der Waals surface area contributed by atoms with Crippen molar-refractivity contribution in [3.63, 3.8) is 0 Å². The first-order chi connectivity index (χ1) is 15.0. The van der Waals surface area contributed by atoms with Gasteiger partial charge in [-0.25, -0.2) is 8.42 Å². The highest BCUT2D eigenvalue weighted by Crippen LogP contribution is 2.34. The van der Waals surface area contributed by atoms with E-state index in [0.717, 1.165) is 29.1 Å². The Morgan fingerprint density at radius 2 is 1.77 bits per heavy atom. The molecule has 0 spiro atoms. The molecule has 160 valence electrons. The minimum Gasteiger partial charge on any atom is -0.322 e. The van der Waals surface area contributed by atoms with Crippen LogP contribution in [0.15, 0.2) is 82.6 Å². The average Bonchev–Trinajstić information content (AvgIpc) is 2.79. The number of hydrogen-bond donors (Lipinski definition) is 1. The van der Waals surface area contributed by atoms with Crippen LogP contribution in [0.5, 0.6) is 0 Å². The molecule has 1 aliphatic heterocycles. The van der Waals surface area contributed by atoms with Crippen LogP contribution in [0.1, 0.15) is 29.3 Å². The first-order valence-corrected chi connectivity index (χ1v) is 12.7. The number of nitrogens with zero attached hydrogens (tertiary/aromatic N) is 1. The molecule has 0 aliphatic carbocycles. The van der Waals surface area contributed by atoms with Gasteiger partial charge in [0, 0.05) is 17.1 Å². The van der Waals surface area contributed by atoms with Gasteiger partial charge in [0.2, 0.25) is 0 Å². The van der Waals surface area contributed by atoms with Crippen LogP contribution < -0.4 is 9.62 Å². The van der Waals surface area contributed by atoms with Crippen LogP contribution in [0.2, 0.25) is 0 Å². The molecule has 1 N–H and O–H groups in total. The predicted molar refractivity (Wildman–Crippen MR) is 127 cm³/mol. The molecule has 3 aromatic carbocycles. The van der Waals surface area contributed by atoms with Crippen LogP contribution in [-0.2, 0) is 16.4 Å². The van der Waals surface area contributed by atoms with Gasteiger partial charge in [-0.3, -0.25) is 9.10 Å². The van der Waals surface area contributed by atoms with Crippen LogP contribution in [0.3, 0.4) is 0 Å². The fourth-order valence-electron chi connectivity index (χ4n) is 3.72. The standard InChI is InChI=1S/C24H24N2O3S2/c1-2-30-23-13-7-6-12-21(23)24(27)25-19-15-14-18-9-8-16-26(22(18)17-19)31(28,29)20-10-4-3-5-11-20/h3-7,10-15,17H,2,8-9,16H2,1H3,(H,25,27). The second kappa shape index (κ2) is 9.16. The minimum absolute atomic E-state index is 0.204. The monoisotopic (exact) mass is 452 g/mol. The maximum Gasteiger partial charge on any atom is 0.264 e. The van der Waals surface area contributed by atoms with Gasteiger partial charge < -0.3 is 5.32 Å². The molecule has 0 radical (unpaired) electrons.